The third kappa shape index (κ3) is 6.23. The molecule has 0 radical (unpaired) electrons. The topological polar surface area (TPSA) is 95.8 Å². The number of carbonyl (C=O) groups is 1. The summed E-state index contributed by atoms with van der Waals surface area (Å²) < 4.78 is 8.29. The molecule has 0 spiro atoms. The highest BCUT2D eigenvalue weighted by molar-refractivity contribution is 6.04. The molecule has 1 saturated heterocycles. The molecular weight excluding hydrogens is 540 g/mol. The lowest BCUT2D eigenvalue weighted by Gasteiger charge is -2.32. The summed E-state index contributed by atoms with van der Waals surface area (Å²) in [6.45, 7) is 9.23. The van der Waals surface area contributed by atoms with Crippen molar-refractivity contribution >= 4 is 22.6 Å². The van der Waals surface area contributed by atoms with Crippen LogP contribution in [0.1, 0.15) is 27.0 Å². The molecule has 3 aromatic carbocycles. The average molecular weight is 577 g/mol. The summed E-state index contributed by atoms with van der Waals surface area (Å²) in [5, 5.41) is 13.0. The van der Waals surface area contributed by atoms with E-state index in [1.165, 1.54) is 5.56 Å². The number of ether oxygens (including phenoxy) is 1. The molecule has 3 heterocycles. The molecule has 9 heteroatoms. The van der Waals surface area contributed by atoms with Gasteiger partial charge in [0.25, 0.3) is 5.91 Å². The zero-order valence-corrected chi connectivity index (χ0v) is 25.0. The number of fused-ring (bicyclic) bond motifs is 1. The summed E-state index contributed by atoms with van der Waals surface area (Å²) in [7, 11) is 4.07. The van der Waals surface area contributed by atoms with E-state index in [0.717, 1.165) is 55.1 Å². The minimum atomic E-state index is -0.219. The summed E-state index contributed by atoms with van der Waals surface area (Å²) in [6.07, 6.45) is 1.90. The van der Waals surface area contributed by atoms with Crippen LogP contribution in [0.4, 0.5) is 5.69 Å². The van der Waals surface area contributed by atoms with E-state index in [-0.39, 0.29) is 11.7 Å². The van der Waals surface area contributed by atoms with Gasteiger partial charge in [-0.25, -0.2) is 4.98 Å². The smallest absolute Gasteiger partial charge is 0.255 e. The molecule has 1 aliphatic rings. The van der Waals surface area contributed by atoms with Gasteiger partial charge < -0.3 is 24.6 Å². The van der Waals surface area contributed by atoms with Gasteiger partial charge in [-0.3, -0.25) is 9.69 Å². The largest absolute Gasteiger partial charge is 0.508 e. The van der Waals surface area contributed by atoms with Gasteiger partial charge in [0.1, 0.15) is 17.0 Å². The molecule has 0 atom stereocenters. The number of amides is 1. The maximum Gasteiger partial charge on any atom is 0.255 e. The van der Waals surface area contributed by atoms with Crippen molar-refractivity contribution < 1.29 is 14.6 Å². The summed E-state index contributed by atoms with van der Waals surface area (Å²) in [4.78, 5) is 27.6. The van der Waals surface area contributed by atoms with Crippen molar-refractivity contribution in [2.45, 2.75) is 20.4 Å². The van der Waals surface area contributed by atoms with E-state index in [4.69, 9.17) is 9.72 Å². The van der Waals surface area contributed by atoms with Crippen LogP contribution in [0.25, 0.3) is 22.4 Å². The van der Waals surface area contributed by atoms with Crippen LogP contribution in [0, 0.1) is 13.8 Å². The first-order chi connectivity index (χ1) is 20.7. The van der Waals surface area contributed by atoms with E-state index in [1.54, 1.807) is 30.3 Å². The normalized spacial score (nSPS) is 14.2. The van der Waals surface area contributed by atoms with Crippen LogP contribution in [-0.2, 0) is 13.6 Å². The lowest BCUT2D eigenvalue weighted by molar-refractivity contribution is 0.102. The van der Waals surface area contributed by atoms with Gasteiger partial charge in [-0.2, -0.15) is 4.98 Å². The zero-order chi connectivity index (χ0) is 30.1. The molecule has 0 aliphatic carbocycles. The van der Waals surface area contributed by atoms with Gasteiger partial charge in [-0.15, -0.1) is 0 Å². The number of likely N-dealkylation sites (N-methyl/N-ethyl adjacent to an activating group) is 1. The Morgan fingerprint density at radius 1 is 0.930 bits per heavy atom. The van der Waals surface area contributed by atoms with E-state index in [2.05, 4.69) is 40.1 Å². The number of hydrogen-bond donors (Lipinski definition) is 2. The Hall–Kier alpha value is -4.73. The highest BCUT2D eigenvalue weighted by Gasteiger charge is 2.18. The van der Waals surface area contributed by atoms with Crippen molar-refractivity contribution in [2.24, 2.45) is 7.05 Å². The number of nitrogens with zero attached hydrogens (tertiary/aromatic N) is 5. The van der Waals surface area contributed by atoms with Crippen LogP contribution in [-0.4, -0.2) is 68.6 Å². The summed E-state index contributed by atoms with van der Waals surface area (Å²) in [5.74, 6) is 1.23. The molecule has 43 heavy (non-hydrogen) atoms. The monoisotopic (exact) mass is 576 g/mol. The Balaban J connectivity index is 1.22. The van der Waals surface area contributed by atoms with Crippen LogP contribution >= 0.6 is 0 Å². The number of hydrogen-bond acceptors (Lipinski definition) is 7. The van der Waals surface area contributed by atoms with E-state index >= 15 is 0 Å². The molecule has 1 fully saturated rings. The molecule has 2 N–H and O–H groups in total. The van der Waals surface area contributed by atoms with Crippen molar-refractivity contribution in [1.29, 1.82) is 0 Å². The number of rotatable bonds is 7. The number of piperazine rings is 1. The summed E-state index contributed by atoms with van der Waals surface area (Å²) >= 11 is 0. The van der Waals surface area contributed by atoms with Gasteiger partial charge in [-0.05, 0) is 80.1 Å². The predicted molar refractivity (Wildman–Crippen MR) is 169 cm³/mol. The maximum atomic E-state index is 13.3. The Morgan fingerprint density at radius 3 is 2.51 bits per heavy atom. The highest BCUT2D eigenvalue weighted by Crippen LogP contribution is 2.33. The Bertz CT molecular complexity index is 1810. The number of nitrogens with one attached hydrogen (secondary N) is 1. The minimum Gasteiger partial charge on any atom is -0.508 e. The van der Waals surface area contributed by atoms with Crippen molar-refractivity contribution in [1.82, 2.24) is 24.3 Å². The van der Waals surface area contributed by atoms with Crippen LogP contribution < -0.4 is 10.1 Å². The number of aryl methyl sites for hydroxylation is 3. The van der Waals surface area contributed by atoms with Crippen LogP contribution in [0.2, 0.25) is 0 Å². The lowest BCUT2D eigenvalue weighted by atomic mass is 10.1. The zero-order valence-electron chi connectivity index (χ0n) is 25.0. The first-order valence-corrected chi connectivity index (χ1v) is 14.5. The van der Waals surface area contributed by atoms with E-state index in [1.807, 2.05) is 55.1 Å². The SMILES string of the molecule is Cc1cc(NC(=O)c2ccc(C)c(Oc3nc(-c4cccc(O)c4)nc4ccn(C)c34)c2)ccc1CN1CCN(C)CC1. The van der Waals surface area contributed by atoms with Gasteiger partial charge in [-0.1, -0.05) is 24.3 Å². The third-order valence-corrected chi connectivity index (χ3v) is 8.04. The Labute approximate surface area is 251 Å². The summed E-state index contributed by atoms with van der Waals surface area (Å²) in [6, 6.07) is 20.2. The quantitative estimate of drug-likeness (QED) is 0.255. The second kappa shape index (κ2) is 11.9. The van der Waals surface area contributed by atoms with Gasteiger partial charge in [0.05, 0.1) is 5.52 Å². The van der Waals surface area contributed by atoms with E-state index in [0.29, 0.717) is 34.1 Å². The average Bonchev–Trinajstić information content (AvgIpc) is 3.37. The fourth-order valence-corrected chi connectivity index (χ4v) is 5.36. The van der Waals surface area contributed by atoms with Crippen LogP contribution in [0.5, 0.6) is 17.4 Å². The van der Waals surface area contributed by atoms with Crippen molar-refractivity contribution in [3.63, 3.8) is 0 Å². The molecule has 6 rings (SSSR count). The molecule has 5 aromatic rings. The molecule has 0 unspecified atom stereocenters. The molecule has 220 valence electrons. The molecule has 0 saturated carbocycles. The van der Waals surface area contributed by atoms with Gasteiger partial charge in [0, 0.05) is 62.8 Å². The number of benzene rings is 3. The Morgan fingerprint density at radius 2 is 1.74 bits per heavy atom. The van der Waals surface area contributed by atoms with Gasteiger partial charge >= 0.3 is 0 Å². The van der Waals surface area contributed by atoms with E-state index < -0.39 is 0 Å². The first kappa shape index (κ1) is 28.4. The number of aromatic hydroxyl groups is 1. The standard InChI is InChI=1S/C34H36N6O3/c1-22-8-9-25(33(42)35-27-11-10-26(23(2)18-27)21-40-16-14-38(3)15-17-40)20-30(22)43-34-31-29(12-13-39(31)4)36-32(37-34)24-6-5-7-28(41)19-24/h5-13,18-20,41H,14-17,21H2,1-4H3,(H,35,42). The van der Waals surface area contributed by atoms with Crippen LogP contribution in [0.15, 0.2) is 72.9 Å². The predicted octanol–water partition coefficient (Wildman–Crippen LogP) is 5.75. The number of carbonyl (C=O) groups excluding carboxylic acids is 1. The number of aromatic nitrogens is 3. The third-order valence-electron chi connectivity index (χ3n) is 8.04. The lowest BCUT2D eigenvalue weighted by Crippen LogP contribution is -2.43. The molecule has 9 nitrogen and oxygen atoms in total. The van der Waals surface area contributed by atoms with E-state index in [9.17, 15) is 9.90 Å². The number of phenols is 1. The number of phenolic OH excluding ortho intramolecular Hbond substituents is 1. The fraction of sp³-hybridized carbons (Fsp3) is 0.265. The van der Waals surface area contributed by atoms with Crippen molar-refractivity contribution in [2.75, 3.05) is 38.5 Å². The van der Waals surface area contributed by atoms with Gasteiger partial charge in [0.2, 0.25) is 5.88 Å². The van der Waals surface area contributed by atoms with Gasteiger partial charge in [0.15, 0.2) is 5.82 Å². The molecular formula is C34H36N6O3. The first-order valence-electron chi connectivity index (χ1n) is 14.5. The molecule has 0 bridgehead atoms. The Kier molecular flexibility index (Phi) is 7.84. The van der Waals surface area contributed by atoms with Crippen LogP contribution in [0.3, 0.4) is 0 Å². The van der Waals surface area contributed by atoms with Crippen molar-refractivity contribution in [3.8, 4) is 28.8 Å². The molecule has 2 aromatic heterocycles. The summed E-state index contributed by atoms with van der Waals surface area (Å²) in [5.41, 5.74) is 6.63. The second-order valence-electron chi connectivity index (χ2n) is 11.3. The maximum absolute atomic E-state index is 13.3. The second-order valence-corrected chi connectivity index (χ2v) is 11.3. The molecule has 1 aliphatic heterocycles. The fourth-order valence-electron chi connectivity index (χ4n) is 5.36. The minimum absolute atomic E-state index is 0.131. The number of anilines is 1. The molecule has 1 amide bonds. The van der Waals surface area contributed by atoms with Crippen molar-refractivity contribution in [3.05, 3.63) is 95.2 Å². The highest BCUT2D eigenvalue weighted by atomic mass is 16.5.